The average molecular weight is 398 g/mol. The summed E-state index contributed by atoms with van der Waals surface area (Å²) in [5.74, 6) is 0.594. The molecule has 1 unspecified atom stereocenters. The fraction of sp³-hybridized carbons (Fsp3) is 0.160. The summed E-state index contributed by atoms with van der Waals surface area (Å²) in [6.07, 6.45) is 3.91. The van der Waals surface area contributed by atoms with Crippen molar-refractivity contribution in [3.8, 4) is 5.69 Å². The van der Waals surface area contributed by atoms with Crippen LogP contribution in [0.4, 0.5) is 0 Å². The summed E-state index contributed by atoms with van der Waals surface area (Å²) in [6.45, 7) is 4.29. The number of imidazole rings is 1. The maximum atomic E-state index is 6.11. The minimum Gasteiger partial charge on any atom is -0.312 e. The first-order chi connectivity index (χ1) is 14.2. The highest BCUT2D eigenvalue weighted by Crippen LogP contribution is 2.25. The second kappa shape index (κ2) is 8.71. The average Bonchev–Trinajstić information content (AvgIpc) is 3.20. The topological polar surface area (TPSA) is 17.8 Å². The van der Waals surface area contributed by atoms with Gasteiger partial charge in [-0.05, 0) is 47.5 Å². The molecule has 29 heavy (non-hydrogen) atoms. The molecule has 4 rings (SSSR count). The van der Waals surface area contributed by atoms with E-state index >= 15 is 0 Å². The number of hydrogen-bond acceptors (Lipinski definition) is 1. The van der Waals surface area contributed by atoms with E-state index in [1.165, 1.54) is 27.9 Å². The first-order valence-corrected chi connectivity index (χ1v) is 10.4. The van der Waals surface area contributed by atoms with E-state index in [1.807, 2.05) is 18.5 Å². The van der Waals surface area contributed by atoms with Crippen LogP contribution < -0.4 is 5.72 Å². The van der Waals surface area contributed by atoms with Crippen molar-refractivity contribution >= 4 is 24.6 Å². The fourth-order valence-corrected chi connectivity index (χ4v) is 4.04. The monoisotopic (exact) mass is 397 g/mol. The number of alkyl halides is 1. The predicted octanol–water partition coefficient (Wildman–Crippen LogP) is 5.35. The highest BCUT2D eigenvalue weighted by atomic mass is 35.5. The minimum absolute atomic E-state index is 0.0878. The quantitative estimate of drug-likeness (QED) is 0.317. The summed E-state index contributed by atoms with van der Waals surface area (Å²) in [6, 6.07) is 25.4. The van der Waals surface area contributed by atoms with E-state index in [-0.39, 0.29) is 5.82 Å². The van der Waals surface area contributed by atoms with Crippen LogP contribution >= 0.6 is 11.6 Å². The second-order valence-electron chi connectivity index (χ2n) is 7.33. The molecule has 4 heteroatoms. The second-order valence-corrected chi connectivity index (χ2v) is 7.60. The van der Waals surface area contributed by atoms with Gasteiger partial charge in [-0.2, -0.15) is 0 Å². The number of rotatable bonds is 6. The SMILES string of the molecule is Cc1cccc(C)c1-n1ccnc1[B]C(c1ccccc1)c1cccc(CCl)c1. The predicted molar refractivity (Wildman–Crippen MR) is 123 cm³/mol. The molecule has 1 heterocycles. The number of nitrogens with zero attached hydrogens (tertiary/aromatic N) is 2. The van der Waals surface area contributed by atoms with Gasteiger partial charge in [-0.25, -0.2) is 0 Å². The number of halogens is 1. The summed E-state index contributed by atoms with van der Waals surface area (Å²) in [7, 11) is 2.24. The third-order valence-electron chi connectivity index (χ3n) is 5.29. The van der Waals surface area contributed by atoms with Crippen molar-refractivity contribution in [2.75, 3.05) is 0 Å². The van der Waals surface area contributed by atoms with E-state index in [2.05, 4.69) is 97.4 Å². The Morgan fingerprint density at radius 1 is 0.897 bits per heavy atom. The highest BCUT2D eigenvalue weighted by molar-refractivity contribution is 6.54. The molecule has 0 spiro atoms. The van der Waals surface area contributed by atoms with Crippen LogP contribution in [-0.2, 0) is 5.88 Å². The van der Waals surface area contributed by atoms with Crippen molar-refractivity contribution in [3.05, 3.63) is 113 Å². The van der Waals surface area contributed by atoms with Gasteiger partial charge in [0.2, 0.25) is 7.28 Å². The Kier molecular flexibility index (Phi) is 5.87. The van der Waals surface area contributed by atoms with E-state index in [4.69, 9.17) is 11.6 Å². The molecule has 0 fully saturated rings. The van der Waals surface area contributed by atoms with Crippen LogP contribution in [0.15, 0.2) is 85.2 Å². The number of aryl methyl sites for hydroxylation is 2. The molecule has 0 saturated heterocycles. The summed E-state index contributed by atoms with van der Waals surface area (Å²) < 4.78 is 2.19. The van der Waals surface area contributed by atoms with Gasteiger partial charge in [0.1, 0.15) is 0 Å². The lowest BCUT2D eigenvalue weighted by atomic mass is 9.58. The van der Waals surface area contributed by atoms with Crippen molar-refractivity contribution in [3.63, 3.8) is 0 Å². The van der Waals surface area contributed by atoms with Crippen LogP contribution in [-0.4, -0.2) is 16.8 Å². The zero-order chi connectivity index (χ0) is 20.2. The molecule has 1 atom stereocenters. The molecule has 1 radical (unpaired) electrons. The molecular weight excluding hydrogens is 375 g/mol. The van der Waals surface area contributed by atoms with Crippen molar-refractivity contribution < 1.29 is 0 Å². The third-order valence-corrected chi connectivity index (χ3v) is 5.60. The molecule has 0 aliphatic heterocycles. The molecule has 2 nitrogen and oxygen atoms in total. The molecule has 0 saturated carbocycles. The van der Waals surface area contributed by atoms with Gasteiger partial charge in [0.05, 0.1) is 11.4 Å². The Hall–Kier alpha value is -2.78. The van der Waals surface area contributed by atoms with Gasteiger partial charge < -0.3 is 4.57 Å². The van der Waals surface area contributed by atoms with Crippen LogP contribution in [0, 0.1) is 13.8 Å². The Bertz CT molecular complexity index is 1080. The Labute approximate surface area is 178 Å². The van der Waals surface area contributed by atoms with E-state index < -0.39 is 0 Å². The number of hydrogen-bond donors (Lipinski definition) is 0. The molecule has 0 aliphatic rings. The van der Waals surface area contributed by atoms with Crippen LogP contribution in [0.25, 0.3) is 5.69 Å². The lowest BCUT2D eigenvalue weighted by molar-refractivity contribution is 1.04. The maximum absolute atomic E-state index is 6.11. The number of para-hydroxylation sites is 1. The Morgan fingerprint density at radius 3 is 2.31 bits per heavy atom. The van der Waals surface area contributed by atoms with Crippen LogP contribution in [0.5, 0.6) is 0 Å². The van der Waals surface area contributed by atoms with E-state index in [1.54, 1.807) is 0 Å². The lowest BCUT2D eigenvalue weighted by Crippen LogP contribution is -2.31. The molecule has 143 valence electrons. The van der Waals surface area contributed by atoms with Gasteiger partial charge in [0.25, 0.3) is 0 Å². The zero-order valence-corrected chi connectivity index (χ0v) is 17.5. The van der Waals surface area contributed by atoms with Gasteiger partial charge in [0, 0.05) is 18.3 Å². The summed E-state index contributed by atoms with van der Waals surface area (Å²) in [4.78, 5) is 4.69. The van der Waals surface area contributed by atoms with Crippen molar-refractivity contribution in [1.82, 2.24) is 9.55 Å². The lowest BCUT2D eigenvalue weighted by Gasteiger charge is -2.20. The van der Waals surface area contributed by atoms with Gasteiger partial charge in [-0.1, -0.05) is 72.8 Å². The fourth-order valence-electron chi connectivity index (χ4n) is 3.88. The summed E-state index contributed by atoms with van der Waals surface area (Å²) in [5.41, 5.74) is 8.17. The van der Waals surface area contributed by atoms with Gasteiger partial charge in [-0.15, -0.1) is 11.6 Å². The van der Waals surface area contributed by atoms with Crippen molar-refractivity contribution in [1.29, 1.82) is 0 Å². The number of aromatic nitrogens is 2. The highest BCUT2D eigenvalue weighted by Gasteiger charge is 2.21. The summed E-state index contributed by atoms with van der Waals surface area (Å²) in [5, 5.41) is 0. The molecule has 3 aromatic carbocycles. The number of benzene rings is 3. The Morgan fingerprint density at radius 2 is 1.59 bits per heavy atom. The zero-order valence-electron chi connectivity index (χ0n) is 16.7. The normalized spacial score (nSPS) is 12.0. The maximum Gasteiger partial charge on any atom is 0.216 e. The van der Waals surface area contributed by atoms with E-state index in [9.17, 15) is 0 Å². The molecule has 0 bridgehead atoms. The van der Waals surface area contributed by atoms with Gasteiger partial charge >= 0.3 is 0 Å². The van der Waals surface area contributed by atoms with Crippen molar-refractivity contribution in [2.45, 2.75) is 25.5 Å². The Balaban J connectivity index is 1.78. The first-order valence-electron chi connectivity index (χ1n) is 9.82. The molecule has 4 aromatic rings. The van der Waals surface area contributed by atoms with Crippen molar-refractivity contribution in [2.24, 2.45) is 0 Å². The van der Waals surface area contributed by atoms with Crippen LogP contribution in [0.3, 0.4) is 0 Å². The van der Waals surface area contributed by atoms with Gasteiger partial charge in [0.15, 0.2) is 0 Å². The third kappa shape index (κ3) is 4.15. The molecule has 0 aliphatic carbocycles. The van der Waals surface area contributed by atoms with Crippen LogP contribution in [0.1, 0.15) is 33.6 Å². The van der Waals surface area contributed by atoms with E-state index in [0.29, 0.717) is 5.88 Å². The molecule has 0 amide bonds. The largest absolute Gasteiger partial charge is 0.312 e. The molecular formula is C25H23BClN2. The summed E-state index contributed by atoms with van der Waals surface area (Å²) >= 11 is 6.11. The van der Waals surface area contributed by atoms with Gasteiger partial charge in [-0.3, -0.25) is 4.98 Å². The smallest absolute Gasteiger partial charge is 0.216 e. The van der Waals surface area contributed by atoms with Crippen LogP contribution in [0.2, 0.25) is 0 Å². The van der Waals surface area contributed by atoms with E-state index in [0.717, 1.165) is 11.3 Å². The molecule has 0 N–H and O–H groups in total. The standard InChI is InChI=1S/C25H23BClN2/c1-18-8-6-9-19(2)24(18)29-15-14-28-25(29)26-23(21-11-4-3-5-12-21)22-13-7-10-20(16-22)17-27/h3-16,23H,17H2,1-2H3. The minimum atomic E-state index is 0.0878. The first kappa shape index (κ1) is 19.5. The molecule has 1 aromatic heterocycles.